The lowest BCUT2D eigenvalue weighted by Crippen LogP contribution is -2.04. The predicted molar refractivity (Wildman–Crippen MR) is 194 cm³/mol. The van der Waals surface area contributed by atoms with Crippen molar-refractivity contribution in [2.75, 3.05) is 12.5 Å². The highest BCUT2D eigenvalue weighted by Crippen LogP contribution is 2.51. The molecule has 0 aliphatic rings. The van der Waals surface area contributed by atoms with Crippen LogP contribution in [0, 0.1) is 11.1 Å². The van der Waals surface area contributed by atoms with E-state index in [0.717, 1.165) is 0 Å². The summed E-state index contributed by atoms with van der Waals surface area (Å²) in [6.07, 6.45) is 3.57. The first-order chi connectivity index (χ1) is 23.8. The van der Waals surface area contributed by atoms with Crippen LogP contribution in [0.1, 0.15) is 0 Å². The van der Waals surface area contributed by atoms with Crippen LogP contribution in [-0.4, -0.2) is 48.7 Å². The van der Waals surface area contributed by atoms with Gasteiger partial charge in [-0.3, -0.25) is 9.11 Å². The van der Waals surface area contributed by atoms with E-state index in [1.165, 1.54) is 23.5 Å². The minimum Gasteiger partial charge on any atom is -0.505 e. The zero-order valence-electron chi connectivity index (χ0n) is 26.0. The summed E-state index contributed by atoms with van der Waals surface area (Å²) in [6, 6.07) is 23.3. The predicted octanol–water partition coefficient (Wildman–Crippen LogP) is 9.67. The monoisotopic (exact) mass is 746 g/mol. The molecule has 6 aromatic rings. The van der Waals surface area contributed by atoms with E-state index in [1.54, 1.807) is 85.3 Å². The Kier molecular flexibility index (Phi) is 9.19. The minimum atomic E-state index is -4.98. The highest BCUT2D eigenvalue weighted by Gasteiger charge is 2.31. The minimum absolute atomic E-state index is 0.0653. The molecule has 0 radical (unpaired) electrons. The topological polar surface area (TPSA) is 222 Å². The van der Waals surface area contributed by atoms with Gasteiger partial charge in [-0.15, -0.1) is 23.5 Å². The number of nitrogens with one attached hydrogen (secondary N) is 2. The van der Waals surface area contributed by atoms with E-state index in [2.05, 4.69) is 10.2 Å². The van der Waals surface area contributed by atoms with Crippen LogP contribution in [0.3, 0.4) is 0 Å². The first-order valence-electron chi connectivity index (χ1n) is 14.4. The van der Waals surface area contributed by atoms with Crippen LogP contribution in [0.15, 0.2) is 115 Å². The van der Waals surface area contributed by atoms with Crippen LogP contribution in [0.2, 0.25) is 0 Å². The second-order valence-electron chi connectivity index (χ2n) is 10.9. The summed E-state index contributed by atoms with van der Waals surface area (Å²) >= 11 is 2.60. The zero-order chi connectivity index (χ0) is 36.1. The van der Waals surface area contributed by atoms with Crippen LogP contribution in [0.25, 0.3) is 54.9 Å². The summed E-state index contributed by atoms with van der Waals surface area (Å²) in [4.78, 5) is -0.215. The summed E-state index contributed by atoms with van der Waals surface area (Å²) in [5, 5.41) is 29.3. The third kappa shape index (κ3) is 5.78. The van der Waals surface area contributed by atoms with Gasteiger partial charge in [0.1, 0.15) is 21.2 Å². The first kappa shape index (κ1) is 35.0. The zero-order valence-corrected chi connectivity index (χ0v) is 29.3. The number of phenolic OH excluding ortho intramolecular Hbond substituents is 2. The van der Waals surface area contributed by atoms with Gasteiger partial charge in [0.15, 0.2) is 11.5 Å². The summed E-state index contributed by atoms with van der Waals surface area (Å²) in [7, 11) is -9.97. The Morgan fingerprint density at radius 2 is 0.900 bits per heavy atom. The molecule has 50 heavy (non-hydrogen) atoms. The molecule has 0 aliphatic heterocycles. The van der Waals surface area contributed by atoms with Gasteiger partial charge in [0.2, 0.25) is 0 Å². The van der Waals surface area contributed by atoms with E-state index in [4.69, 9.17) is 11.1 Å². The number of hydrogen-bond acceptors (Lipinski definition) is 12. The molecule has 0 spiro atoms. The lowest BCUT2D eigenvalue weighted by atomic mass is 9.93. The van der Waals surface area contributed by atoms with Crippen molar-refractivity contribution in [3.05, 3.63) is 84.9 Å². The van der Waals surface area contributed by atoms with E-state index < -0.39 is 52.9 Å². The second kappa shape index (κ2) is 13.1. The Balaban J connectivity index is 1.60. The third-order valence-corrected chi connectivity index (χ3v) is 11.6. The molecule has 0 aliphatic carbocycles. The molecule has 16 heteroatoms. The Bertz CT molecular complexity index is 2460. The molecule has 0 atom stereocenters. The molecule has 254 valence electrons. The van der Waals surface area contributed by atoms with Gasteiger partial charge in [0.05, 0.1) is 0 Å². The fourth-order valence-electron chi connectivity index (χ4n) is 6.17. The lowest BCUT2D eigenvalue weighted by Gasteiger charge is -2.19. The Morgan fingerprint density at radius 3 is 1.20 bits per heavy atom. The smallest absolute Gasteiger partial charge is 0.297 e. The van der Waals surface area contributed by atoms with Crippen molar-refractivity contribution in [1.82, 2.24) is 0 Å². The van der Waals surface area contributed by atoms with Crippen LogP contribution in [0.4, 0.5) is 11.4 Å². The maximum Gasteiger partial charge on any atom is 0.297 e. The number of rotatable bonds is 9. The van der Waals surface area contributed by atoms with Gasteiger partial charge in [0.25, 0.3) is 20.2 Å². The number of thioether (sulfide) groups is 2. The maximum atomic E-state index is 12.7. The van der Waals surface area contributed by atoms with Crippen molar-refractivity contribution in [1.29, 1.82) is 11.1 Å². The van der Waals surface area contributed by atoms with E-state index in [-0.39, 0.29) is 21.9 Å². The average molecular weight is 747 g/mol. The normalized spacial score (nSPS) is 12.0. The van der Waals surface area contributed by atoms with Crippen LogP contribution in [-0.2, 0) is 20.2 Å². The van der Waals surface area contributed by atoms with Gasteiger partial charge >= 0.3 is 0 Å². The molecule has 6 aromatic carbocycles. The van der Waals surface area contributed by atoms with E-state index >= 15 is 0 Å². The van der Waals surface area contributed by atoms with Crippen molar-refractivity contribution >= 4 is 76.7 Å². The van der Waals surface area contributed by atoms with Crippen LogP contribution >= 0.6 is 23.5 Å². The fourth-order valence-corrected chi connectivity index (χ4v) is 9.16. The molecule has 6 rings (SSSR count). The van der Waals surface area contributed by atoms with Gasteiger partial charge in [-0.1, -0.05) is 72.8 Å². The van der Waals surface area contributed by atoms with Crippen LogP contribution < -0.4 is 0 Å². The number of nitrogens with zero attached hydrogens (tertiary/aromatic N) is 2. The molecule has 6 N–H and O–H groups in total. The standard InChI is InChI=1S/C34H26N4O8S4/c1-47-25-15-17(11-13-23(25)27-19-7-3-5-9-21(19)31(39)29(37-35)33(27)49(41,42)43)18-12-14-24(26(16-18)48-2)28-20-8-4-6-10-22(20)32(40)30(38-36)34(28)50(44,45)46/h3-16,35-36,39-40H,1-2H3,(H,41,42,43)(H,44,45,46). The number of aromatic hydroxyl groups is 2. The van der Waals surface area contributed by atoms with Crippen LogP contribution in [0.5, 0.6) is 11.5 Å². The Morgan fingerprint density at radius 1 is 0.560 bits per heavy atom. The van der Waals surface area contributed by atoms with E-state index in [9.17, 15) is 36.2 Å². The van der Waals surface area contributed by atoms with Crippen molar-refractivity contribution in [3.8, 4) is 44.9 Å². The lowest BCUT2D eigenvalue weighted by molar-refractivity contribution is 0.471. The molecule has 0 amide bonds. The maximum absolute atomic E-state index is 12.7. The molecule has 0 fully saturated rings. The van der Waals surface area contributed by atoms with Gasteiger partial charge in [-0.25, -0.2) is 11.1 Å². The summed E-state index contributed by atoms with van der Waals surface area (Å²) in [5.74, 6) is -1.11. The van der Waals surface area contributed by atoms with E-state index in [0.29, 0.717) is 42.8 Å². The SMILES string of the molecule is CSc1cc(-c2ccc(-c3c(S(=O)(=O)O)c(N=N)c(O)c4ccccc34)c(SC)c2)ccc1-c1c(S(=O)(=O)O)c(N=N)c(O)c2ccccc12. The van der Waals surface area contributed by atoms with Gasteiger partial charge in [-0.2, -0.15) is 27.1 Å². The molecule has 0 heterocycles. The van der Waals surface area contributed by atoms with Gasteiger partial charge in [-0.05, 0) is 57.7 Å². The second-order valence-corrected chi connectivity index (χ2v) is 15.3. The molecule has 0 unspecified atom stereocenters. The molecule has 0 bridgehead atoms. The summed E-state index contributed by atoms with van der Waals surface area (Å²) in [5.41, 5.74) is 16.4. The highest BCUT2D eigenvalue weighted by molar-refractivity contribution is 7.99. The first-order valence-corrected chi connectivity index (χ1v) is 19.7. The third-order valence-electron chi connectivity index (χ3n) is 8.25. The van der Waals surface area contributed by atoms with Crippen molar-refractivity contribution < 1.29 is 36.2 Å². The van der Waals surface area contributed by atoms with Crippen molar-refractivity contribution in [2.24, 2.45) is 10.2 Å². The Hall–Kier alpha value is -4.84. The molecular formula is C34H26N4O8S4. The fraction of sp³-hybridized carbons (Fsp3) is 0.0588. The number of benzene rings is 6. The summed E-state index contributed by atoms with van der Waals surface area (Å²) < 4.78 is 71.6. The molecule has 0 saturated heterocycles. The van der Waals surface area contributed by atoms with Crippen molar-refractivity contribution in [3.63, 3.8) is 0 Å². The molecule has 0 aromatic heterocycles. The number of hydrogen-bond donors (Lipinski definition) is 6. The Labute approximate surface area is 294 Å². The molecule has 12 nitrogen and oxygen atoms in total. The average Bonchev–Trinajstić information content (AvgIpc) is 3.10. The number of fused-ring (bicyclic) bond motifs is 2. The highest BCUT2D eigenvalue weighted by atomic mass is 32.2. The number of phenols is 2. The molecular weight excluding hydrogens is 721 g/mol. The largest absolute Gasteiger partial charge is 0.505 e. The van der Waals surface area contributed by atoms with Gasteiger partial charge in [0, 0.05) is 31.7 Å². The quantitative estimate of drug-likeness (QED) is 0.0467. The molecule has 0 saturated carbocycles. The van der Waals surface area contributed by atoms with E-state index in [1.807, 2.05) is 12.1 Å². The van der Waals surface area contributed by atoms with Crippen molar-refractivity contribution in [2.45, 2.75) is 19.6 Å². The van der Waals surface area contributed by atoms with Gasteiger partial charge < -0.3 is 10.2 Å². The summed E-state index contributed by atoms with van der Waals surface area (Å²) in [6.45, 7) is 0.